The largest absolute Gasteiger partial charge is 0.459 e. The van der Waals surface area contributed by atoms with Gasteiger partial charge in [-0.05, 0) is 37.3 Å². The Hall–Kier alpha value is -1.31. The predicted octanol–water partition coefficient (Wildman–Crippen LogP) is 3.03. The summed E-state index contributed by atoms with van der Waals surface area (Å²) >= 11 is 0. The summed E-state index contributed by atoms with van der Waals surface area (Å²) in [5.41, 5.74) is 0.650. The molecule has 1 fully saturated rings. The summed E-state index contributed by atoms with van der Waals surface area (Å²) in [4.78, 5) is 11.7. The maximum Gasteiger partial charge on any atom is 0.338 e. The first-order valence-corrected chi connectivity index (χ1v) is 5.53. The maximum atomic E-state index is 11.7. The lowest BCUT2D eigenvalue weighted by Crippen LogP contribution is -2.20. The molecule has 0 saturated heterocycles. The normalized spacial score (nSPS) is 25.1. The van der Waals surface area contributed by atoms with Gasteiger partial charge in [0.15, 0.2) is 0 Å². The molecule has 0 aliphatic heterocycles. The van der Waals surface area contributed by atoms with E-state index >= 15 is 0 Å². The Morgan fingerprint density at radius 3 is 2.60 bits per heavy atom. The van der Waals surface area contributed by atoms with Gasteiger partial charge in [-0.1, -0.05) is 25.1 Å². The molecule has 0 spiro atoms. The summed E-state index contributed by atoms with van der Waals surface area (Å²) in [5, 5.41) is 0. The average Bonchev–Trinajstić information content (AvgIpc) is 2.66. The van der Waals surface area contributed by atoms with Crippen LogP contribution < -0.4 is 0 Å². The molecule has 2 rings (SSSR count). The predicted molar refractivity (Wildman–Crippen MR) is 58.7 cm³/mol. The molecule has 1 aromatic rings. The van der Waals surface area contributed by atoms with Gasteiger partial charge in [-0.2, -0.15) is 0 Å². The van der Waals surface area contributed by atoms with Crippen LogP contribution in [-0.4, -0.2) is 12.1 Å². The molecule has 0 heterocycles. The van der Waals surface area contributed by atoms with Crippen LogP contribution in [0, 0.1) is 5.92 Å². The van der Waals surface area contributed by atoms with E-state index in [4.69, 9.17) is 4.74 Å². The molecule has 1 aliphatic rings. The Morgan fingerprint density at radius 2 is 2.00 bits per heavy atom. The third kappa shape index (κ3) is 2.38. The highest BCUT2D eigenvalue weighted by Gasteiger charge is 2.26. The van der Waals surface area contributed by atoms with Gasteiger partial charge in [-0.3, -0.25) is 0 Å². The minimum Gasteiger partial charge on any atom is -0.459 e. The molecule has 0 unspecified atom stereocenters. The Kier molecular flexibility index (Phi) is 3.05. The SMILES string of the molecule is C[C@@H]1CCC[C@@H]1OC(=O)c1ccccc1. The molecule has 1 saturated carbocycles. The van der Waals surface area contributed by atoms with Gasteiger partial charge in [-0.25, -0.2) is 4.79 Å². The van der Waals surface area contributed by atoms with Crippen molar-refractivity contribution >= 4 is 5.97 Å². The molecular weight excluding hydrogens is 188 g/mol. The molecular formula is C13H16O2. The van der Waals surface area contributed by atoms with E-state index in [9.17, 15) is 4.79 Å². The highest BCUT2D eigenvalue weighted by atomic mass is 16.5. The molecule has 2 nitrogen and oxygen atoms in total. The molecule has 1 aromatic carbocycles. The van der Waals surface area contributed by atoms with Crippen LogP contribution in [0.1, 0.15) is 36.5 Å². The fourth-order valence-electron chi connectivity index (χ4n) is 2.07. The van der Waals surface area contributed by atoms with Gasteiger partial charge in [-0.15, -0.1) is 0 Å². The van der Waals surface area contributed by atoms with Crippen LogP contribution in [0.4, 0.5) is 0 Å². The van der Waals surface area contributed by atoms with Crippen LogP contribution in [-0.2, 0) is 4.74 Å². The van der Waals surface area contributed by atoms with Gasteiger partial charge in [0.1, 0.15) is 6.10 Å². The smallest absolute Gasteiger partial charge is 0.338 e. The third-order valence-electron chi connectivity index (χ3n) is 3.05. The van der Waals surface area contributed by atoms with Crippen molar-refractivity contribution in [3.05, 3.63) is 35.9 Å². The zero-order chi connectivity index (χ0) is 10.7. The highest BCUT2D eigenvalue weighted by molar-refractivity contribution is 5.89. The summed E-state index contributed by atoms with van der Waals surface area (Å²) in [6, 6.07) is 9.20. The fraction of sp³-hybridized carbons (Fsp3) is 0.462. The van der Waals surface area contributed by atoms with Crippen molar-refractivity contribution in [2.75, 3.05) is 0 Å². The van der Waals surface area contributed by atoms with Gasteiger partial charge in [0.25, 0.3) is 0 Å². The number of carbonyl (C=O) groups is 1. The van der Waals surface area contributed by atoms with E-state index in [2.05, 4.69) is 6.92 Å². The van der Waals surface area contributed by atoms with Gasteiger partial charge in [0.2, 0.25) is 0 Å². The van der Waals surface area contributed by atoms with Crippen LogP contribution in [0.5, 0.6) is 0 Å². The zero-order valence-corrected chi connectivity index (χ0v) is 8.98. The van der Waals surface area contributed by atoms with E-state index in [1.807, 2.05) is 18.2 Å². The minimum absolute atomic E-state index is 0.123. The number of rotatable bonds is 2. The van der Waals surface area contributed by atoms with Gasteiger partial charge < -0.3 is 4.74 Å². The van der Waals surface area contributed by atoms with Gasteiger partial charge >= 0.3 is 5.97 Å². The van der Waals surface area contributed by atoms with E-state index < -0.39 is 0 Å². The van der Waals surface area contributed by atoms with Crippen molar-refractivity contribution in [3.63, 3.8) is 0 Å². The van der Waals surface area contributed by atoms with Crippen molar-refractivity contribution in [1.82, 2.24) is 0 Å². The van der Waals surface area contributed by atoms with Crippen LogP contribution >= 0.6 is 0 Å². The molecule has 0 amide bonds. The first-order valence-electron chi connectivity index (χ1n) is 5.53. The second-order valence-corrected chi connectivity index (χ2v) is 4.22. The minimum atomic E-state index is -0.186. The molecule has 1 aliphatic carbocycles. The number of benzene rings is 1. The molecule has 80 valence electrons. The van der Waals surface area contributed by atoms with Gasteiger partial charge in [0, 0.05) is 0 Å². The lowest BCUT2D eigenvalue weighted by molar-refractivity contribution is 0.0226. The second-order valence-electron chi connectivity index (χ2n) is 4.22. The Balaban J connectivity index is 1.98. The fourth-order valence-corrected chi connectivity index (χ4v) is 2.07. The van der Waals surface area contributed by atoms with Crippen molar-refractivity contribution in [2.45, 2.75) is 32.3 Å². The standard InChI is InChI=1S/C13H16O2/c1-10-6-5-9-12(10)15-13(14)11-7-3-2-4-8-11/h2-4,7-8,10,12H,5-6,9H2,1H3/t10-,12+/m1/s1. The van der Waals surface area contributed by atoms with E-state index in [-0.39, 0.29) is 12.1 Å². The average molecular weight is 204 g/mol. The molecule has 2 atom stereocenters. The number of ether oxygens (including phenoxy) is 1. The van der Waals surface area contributed by atoms with Crippen molar-refractivity contribution < 1.29 is 9.53 Å². The second kappa shape index (κ2) is 4.47. The molecule has 15 heavy (non-hydrogen) atoms. The van der Waals surface area contributed by atoms with E-state index in [1.54, 1.807) is 12.1 Å². The van der Waals surface area contributed by atoms with Crippen molar-refractivity contribution in [2.24, 2.45) is 5.92 Å². The van der Waals surface area contributed by atoms with E-state index in [0.29, 0.717) is 11.5 Å². The number of hydrogen-bond acceptors (Lipinski definition) is 2. The maximum absolute atomic E-state index is 11.7. The number of hydrogen-bond donors (Lipinski definition) is 0. The van der Waals surface area contributed by atoms with Crippen molar-refractivity contribution in [1.29, 1.82) is 0 Å². The summed E-state index contributed by atoms with van der Waals surface area (Å²) in [7, 11) is 0. The Morgan fingerprint density at radius 1 is 1.27 bits per heavy atom. The quantitative estimate of drug-likeness (QED) is 0.692. The van der Waals surface area contributed by atoms with Gasteiger partial charge in [0.05, 0.1) is 5.56 Å². The monoisotopic (exact) mass is 204 g/mol. The first kappa shape index (κ1) is 10.2. The number of esters is 1. The van der Waals surface area contributed by atoms with E-state index in [0.717, 1.165) is 6.42 Å². The summed E-state index contributed by atoms with van der Waals surface area (Å²) in [5.74, 6) is 0.326. The Bertz CT molecular complexity index is 332. The first-order chi connectivity index (χ1) is 7.27. The summed E-state index contributed by atoms with van der Waals surface area (Å²) < 4.78 is 5.47. The number of carbonyl (C=O) groups excluding carboxylic acids is 1. The topological polar surface area (TPSA) is 26.3 Å². The summed E-state index contributed by atoms with van der Waals surface area (Å²) in [6.07, 6.45) is 3.48. The van der Waals surface area contributed by atoms with Crippen LogP contribution in [0.25, 0.3) is 0 Å². The Labute approximate surface area is 90.3 Å². The van der Waals surface area contributed by atoms with E-state index in [1.165, 1.54) is 12.8 Å². The zero-order valence-electron chi connectivity index (χ0n) is 8.98. The lowest BCUT2D eigenvalue weighted by Gasteiger charge is -2.16. The lowest BCUT2D eigenvalue weighted by atomic mass is 10.1. The third-order valence-corrected chi connectivity index (χ3v) is 3.05. The molecule has 0 N–H and O–H groups in total. The van der Waals surface area contributed by atoms with Crippen LogP contribution in [0.15, 0.2) is 30.3 Å². The van der Waals surface area contributed by atoms with Crippen molar-refractivity contribution in [3.8, 4) is 0 Å². The highest BCUT2D eigenvalue weighted by Crippen LogP contribution is 2.28. The molecule has 2 heteroatoms. The molecule has 0 radical (unpaired) electrons. The summed E-state index contributed by atoms with van der Waals surface area (Å²) in [6.45, 7) is 2.15. The van der Waals surface area contributed by atoms with Crippen LogP contribution in [0.2, 0.25) is 0 Å². The molecule has 0 aromatic heterocycles. The molecule has 0 bridgehead atoms. The van der Waals surface area contributed by atoms with Crippen LogP contribution in [0.3, 0.4) is 0 Å².